The quantitative estimate of drug-likeness (QED) is 0.363. The Balaban J connectivity index is 1.65. The third-order valence-corrected chi connectivity index (χ3v) is 5.66. The number of ether oxygens (including phenoxy) is 1. The van der Waals surface area contributed by atoms with Crippen LogP contribution < -0.4 is 4.74 Å². The van der Waals surface area contributed by atoms with Crippen molar-refractivity contribution >= 4 is 22.8 Å². The highest BCUT2D eigenvalue weighted by Crippen LogP contribution is 2.31. The van der Waals surface area contributed by atoms with Gasteiger partial charge in [0.05, 0.1) is 36.4 Å². The van der Waals surface area contributed by atoms with Crippen LogP contribution in [0.5, 0.6) is 5.75 Å². The molecule has 0 aliphatic carbocycles. The topological polar surface area (TPSA) is 39.9 Å². The first-order valence-corrected chi connectivity index (χ1v) is 10.1. The van der Waals surface area contributed by atoms with Crippen LogP contribution in [0.1, 0.15) is 16.7 Å². The van der Waals surface area contributed by atoms with Crippen LogP contribution in [-0.2, 0) is 18.5 Å². The number of alkyl halides is 3. The highest BCUT2D eigenvalue weighted by molar-refractivity contribution is 7.98. The third-order valence-electron chi connectivity index (χ3n) is 4.61. The van der Waals surface area contributed by atoms with E-state index in [0.717, 1.165) is 33.6 Å². The van der Waals surface area contributed by atoms with Gasteiger partial charge in [0, 0.05) is 11.9 Å². The van der Waals surface area contributed by atoms with E-state index in [4.69, 9.17) is 4.74 Å². The summed E-state index contributed by atoms with van der Waals surface area (Å²) in [4.78, 5) is 8.83. The molecule has 0 aliphatic rings. The van der Waals surface area contributed by atoms with Crippen LogP contribution in [0.15, 0.2) is 72.1 Å². The molecule has 154 valence electrons. The van der Waals surface area contributed by atoms with Crippen LogP contribution in [-0.4, -0.2) is 21.6 Å². The largest absolute Gasteiger partial charge is 0.497 e. The molecule has 4 rings (SSSR count). The highest BCUT2D eigenvalue weighted by Gasteiger charge is 2.30. The summed E-state index contributed by atoms with van der Waals surface area (Å²) in [6.07, 6.45) is -1.04. The standard InChI is InChI=1S/C22H18F3N3OS/c1-29-18-7-3-5-16(11-18)14-30-21-27-19-8-9-26-12-20(19)28(21)13-15-4-2-6-17(10-15)22(23,24)25/h2-12H,13-14H2,1H3. The number of thioether (sulfide) groups is 1. The van der Waals surface area contributed by atoms with Gasteiger partial charge in [0.25, 0.3) is 0 Å². The first-order chi connectivity index (χ1) is 14.4. The SMILES string of the molecule is COc1cccc(CSc2nc3ccncc3n2Cc2cccc(C(F)(F)F)c2)c1. The van der Waals surface area contributed by atoms with E-state index in [1.165, 1.54) is 23.9 Å². The molecule has 0 amide bonds. The second-order valence-corrected chi connectivity index (χ2v) is 7.63. The van der Waals surface area contributed by atoms with Crippen molar-refractivity contribution < 1.29 is 17.9 Å². The molecule has 30 heavy (non-hydrogen) atoms. The van der Waals surface area contributed by atoms with Gasteiger partial charge in [-0.2, -0.15) is 13.2 Å². The summed E-state index contributed by atoms with van der Waals surface area (Å²) in [5, 5.41) is 0.721. The smallest absolute Gasteiger partial charge is 0.416 e. The van der Waals surface area contributed by atoms with E-state index in [2.05, 4.69) is 9.97 Å². The molecule has 2 aromatic heterocycles. The Morgan fingerprint density at radius 1 is 1.03 bits per heavy atom. The first-order valence-electron chi connectivity index (χ1n) is 9.16. The van der Waals surface area contributed by atoms with Gasteiger partial charge in [0.15, 0.2) is 5.16 Å². The van der Waals surface area contributed by atoms with Gasteiger partial charge in [-0.1, -0.05) is 36.0 Å². The van der Waals surface area contributed by atoms with Gasteiger partial charge in [-0.15, -0.1) is 0 Å². The number of pyridine rings is 1. The fourth-order valence-electron chi connectivity index (χ4n) is 3.15. The minimum absolute atomic E-state index is 0.270. The lowest BCUT2D eigenvalue weighted by Gasteiger charge is -2.12. The van der Waals surface area contributed by atoms with E-state index in [-0.39, 0.29) is 6.54 Å². The summed E-state index contributed by atoms with van der Waals surface area (Å²) in [5.74, 6) is 1.42. The van der Waals surface area contributed by atoms with Crippen LogP contribution in [0, 0.1) is 0 Å². The number of hydrogen-bond acceptors (Lipinski definition) is 4. The number of fused-ring (bicyclic) bond motifs is 1. The summed E-state index contributed by atoms with van der Waals surface area (Å²) in [6, 6.07) is 14.9. The van der Waals surface area contributed by atoms with Crippen molar-refractivity contribution in [3.8, 4) is 5.75 Å². The molecule has 4 aromatic rings. The van der Waals surface area contributed by atoms with Crippen molar-refractivity contribution in [2.45, 2.75) is 23.6 Å². The van der Waals surface area contributed by atoms with Gasteiger partial charge in [-0.3, -0.25) is 4.98 Å². The number of benzene rings is 2. The Bertz CT molecular complexity index is 1170. The van der Waals surface area contributed by atoms with E-state index in [1.807, 2.05) is 28.8 Å². The molecule has 2 aromatic carbocycles. The molecule has 0 aliphatic heterocycles. The normalized spacial score (nSPS) is 11.7. The molecular formula is C22H18F3N3OS. The van der Waals surface area contributed by atoms with Gasteiger partial charge in [-0.25, -0.2) is 4.98 Å². The summed E-state index contributed by atoms with van der Waals surface area (Å²) in [6.45, 7) is 0.270. The first kappa shape index (κ1) is 20.3. The van der Waals surface area contributed by atoms with Gasteiger partial charge >= 0.3 is 6.18 Å². The fourth-order valence-corrected chi connectivity index (χ4v) is 4.11. The summed E-state index contributed by atoms with van der Waals surface area (Å²) >= 11 is 1.52. The molecule has 0 saturated carbocycles. The zero-order valence-electron chi connectivity index (χ0n) is 16.1. The molecule has 0 atom stereocenters. The molecule has 2 heterocycles. The third kappa shape index (κ3) is 4.43. The lowest BCUT2D eigenvalue weighted by Crippen LogP contribution is -2.07. The number of aromatic nitrogens is 3. The second-order valence-electron chi connectivity index (χ2n) is 6.68. The zero-order valence-corrected chi connectivity index (χ0v) is 16.9. The van der Waals surface area contributed by atoms with Crippen molar-refractivity contribution in [3.05, 3.63) is 83.7 Å². The molecule has 0 radical (unpaired) electrons. The molecule has 0 unspecified atom stereocenters. The van der Waals surface area contributed by atoms with Crippen LogP contribution in [0.2, 0.25) is 0 Å². The Morgan fingerprint density at radius 3 is 2.63 bits per heavy atom. The van der Waals surface area contributed by atoms with Gasteiger partial charge in [-0.05, 0) is 41.5 Å². The number of nitrogens with zero attached hydrogens (tertiary/aromatic N) is 3. The van der Waals surface area contributed by atoms with Gasteiger partial charge < -0.3 is 9.30 Å². The molecule has 0 spiro atoms. The van der Waals surface area contributed by atoms with E-state index in [0.29, 0.717) is 11.3 Å². The number of halogens is 3. The average molecular weight is 429 g/mol. The van der Waals surface area contributed by atoms with Crippen molar-refractivity contribution in [2.75, 3.05) is 7.11 Å². The van der Waals surface area contributed by atoms with Crippen molar-refractivity contribution in [1.82, 2.24) is 14.5 Å². The van der Waals surface area contributed by atoms with E-state index >= 15 is 0 Å². The molecule has 0 saturated heterocycles. The van der Waals surface area contributed by atoms with E-state index in [1.54, 1.807) is 31.6 Å². The van der Waals surface area contributed by atoms with Crippen molar-refractivity contribution in [2.24, 2.45) is 0 Å². The number of imidazole rings is 1. The van der Waals surface area contributed by atoms with Crippen LogP contribution >= 0.6 is 11.8 Å². The molecule has 0 bridgehead atoms. The average Bonchev–Trinajstić information content (AvgIpc) is 3.09. The predicted molar refractivity (Wildman–Crippen MR) is 111 cm³/mol. The summed E-state index contributed by atoms with van der Waals surface area (Å²) in [5.41, 5.74) is 2.49. The summed E-state index contributed by atoms with van der Waals surface area (Å²) in [7, 11) is 1.62. The molecule has 0 fully saturated rings. The number of hydrogen-bond donors (Lipinski definition) is 0. The predicted octanol–water partition coefficient (Wildman–Crippen LogP) is 5.80. The van der Waals surface area contributed by atoms with Crippen LogP contribution in [0.4, 0.5) is 13.2 Å². The molecule has 4 nitrogen and oxygen atoms in total. The Hall–Kier alpha value is -3.00. The zero-order chi connectivity index (χ0) is 21.1. The molecular weight excluding hydrogens is 411 g/mol. The lowest BCUT2D eigenvalue weighted by molar-refractivity contribution is -0.137. The van der Waals surface area contributed by atoms with E-state index < -0.39 is 11.7 Å². The minimum atomic E-state index is -4.38. The maximum atomic E-state index is 13.1. The number of rotatable bonds is 6. The molecule has 8 heteroatoms. The van der Waals surface area contributed by atoms with Gasteiger partial charge in [0.2, 0.25) is 0 Å². The van der Waals surface area contributed by atoms with Gasteiger partial charge in [0.1, 0.15) is 5.75 Å². The fraction of sp³-hybridized carbons (Fsp3) is 0.182. The maximum Gasteiger partial charge on any atom is 0.416 e. The second kappa shape index (κ2) is 8.39. The van der Waals surface area contributed by atoms with Crippen molar-refractivity contribution in [3.63, 3.8) is 0 Å². The number of methoxy groups -OCH3 is 1. The van der Waals surface area contributed by atoms with Crippen molar-refractivity contribution in [1.29, 1.82) is 0 Å². The highest BCUT2D eigenvalue weighted by atomic mass is 32.2. The molecule has 0 N–H and O–H groups in total. The summed E-state index contributed by atoms with van der Waals surface area (Å²) < 4.78 is 46.5. The monoisotopic (exact) mass is 429 g/mol. The van der Waals surface area contributed by atoms with E-state index in [9.17, 15) is 13.2 Å². The van der Waals surface area contributed by atoms with Crippen LogP contribution in [0.3, 0.4) is 0 Å². The Morgan fingerprint density at radius 2 is 1.83 bits per heavy atom. The Labute approximate surface area is 175 Å². The van der Waals surface area contributed by atoms with Crippen LogP contribution in [0.25, 0.3) is 11.0 Å². The minimum Gasteiger partial charge on any atom is -0.497 e. The Kier molecular flexibility index (Phi) is 5.67. The lowest BCUT2D eigenvalue weighted by atomic mass is 10.1. The maximum absolute atomic E-state index is 13.1.